The quantitative estimate of drug-likeness (QED) is 0.181. The molecule has 0 aliphatic heterocycles. The van der Waals surface area contributed by atoms with Crippen LogP contribution in [0.15, 0.2) is 94.7 Å². The molecule has 34 heavy (non-hydrogen) atoms. The molecule has 4 rings (SSSR count). The minimum absolute atomic E-state index is 0.664. The van der Waals surface area contributed by atoms with Gasteiger partial charge in [0, 0.05) is 35.4 Å². The van der Waals surface area contributed by atoms with Gasteiger partial charge in [-0.1, -0.05) is 36.4 Å². The van der Waals surface area contributed by atoms with Crippen molar-refractivity contribution in [2.45, 2.75) is 23.6 Å². The van der Waals surface area contributed by atoms with Crippen LogP contribution in [0.3, 0.4) is 0 Å². The lowest BCUT2D eigenvalue weighted by Gasteiger charge is -2.18. The second kappa shape index (κ2) is 10.5. The zero-order chi connectivity index (χ0) is 24.1. The van der Waals surface area contributed by atoms with Crippen molar-refractivity contribution >= 4 is 33.9 Å². The zero-order valence-electron chi connectivity index (χ0n) is 19.5. The van der Waals surface area contributed by atoms with E-state index in [1.165, 1.54) is 0 Å². The standard InChI is InChI=1S/C28H30N4OS/c1-3-31-25-15-13-19(17-23(25)29)21-9-5-7-11-27(21)34(33)28-12-8-6-10-22(28)20-14-16-26(32-4-2)24(30)18-20/h5-18,31-32H,3-4,29-30H2,1-2H3. The maximum atomic E-state index is 14.0. The number of nitrogens with one attached hydrogen (secondary N) is 2. The summed E-state index contributed by atoms with van der Waals surface area (Å²) in [5.74, 6) is 0. The van der Waals surface area contributed by atoms with Gasteiger partial charge in [-0.25, -0.2) is 0 Å². The van der Waals surface area contributed by atoms with Crippen molar-refractivity contribution in [3.05, 3.63) is 84.9 Å². The Labute approximate surface area is 204 Å². The largest absolute Gasteiger partial charge is 0.606 e. The van der Waals surface area contributed by atoms with E-state index < -0.39 is 11.2 Å². The van der Waals surface area contributed by atoms with Crippen LogP contribution in [0.4, 0.5) is 22.7 Å². The van der Waals surface area contributed by atoms with E-state index in [2.05, 4.69) is 10.6 Å². The number of benzene rings is 4. The molecule has 0 radical (unpaired) electrons. The van der Waals surface area contributed by atoms with Gasteiger partial charge in [0.1, 0.15) is 0 Å². The van der Waals surface area contributed by atoms with E-state index in [-0.39, 0.29) is 0 Å². The molecule has 4 aromatic rings. The summed E-state index contributed by atoms with van der Waals surface area (Å²) in [6.07, 6.45) is 0. The summed E-state index contributed by atoms with van der Waals surface area (Å²) in [6.45, 7) is 5.65. The number of hydrogen-bond donors (Lipinski definition) is 4. The van der Waals surface area contributed by atoms with E-state index >= 15 is 0 Å². The topological polar surface area (TPSA) is 99.2 Å². The molecule has 0 saturated carbocycles. The first-order valence-electron chi connectivity index (χ1n) is 11.4. The Morgan fingerprint density at radius 2 is 1.06 bits per heavy atom. The van der Waals surface area contributed by atoms with Crippen molar-refractivity contribution in [1.82, 2.24) is 0 Å². The lowest BCUT2D eigenvalue weighted by molar-refractivity contribution is 0.595. The molecule has 6 N–H and O–H groups in total. The summed E-state index contributed by atoms with van der Waals surface area (Å²) >= 11 is -1.41. The fourth-order valence-corrected chi connectivity index (χ4v) is 5.43. The molecule has 0 atom stereocenters. The summed E-state index contributed by atoms with van der Waals surface area (Å²) in [7, 11) is 0. The Hall–Kier alpha value is -3.61. The summed E-state index contributed by atoms with van der Waals surface area (Å²) in [6, 6.07) is 27.4. The average molecular weight is 471 g/mol. The number of nitrogens with two attached hydrogens (primary N) is 2. The Morgan fingerprint density at radius 3 is 1.44 bits per heavy atom. The van der Waals surface area contributed by atoms with Crippen LogP contribution in [-0.4, -0.2) is 17.6 Å². The third kappa shape index (κ3) is 4.83. The molecule has 174 valence electrons. The van der Waals surface area contributed by atoms with Gasteiger partial charge in [-0.2, -0.15) is 0 Å². The van der Waals surface area contributed by atoms with Crippen LogP contribution < -0.4 is 22.1 Å². The van der Waals surface area contributed by atoms with E-state index in [0.29, 0.717) is 11.4 Å². The van der Waals surface area contributed by atoms with Gasteiger partial charge in [0.05, 0.1) is 22.7 Å². The molecule has 0 unspecified atom stereocenters. The van der Waals surface area contributed by atoms with Crippen molar-refractivity contribution in [3.8, 4) is 22.3 Å². The molecule has 6 heteroatoms. The summed E-state index contributed by atoms with van der Waals surface area (Å²) in [5.41, 5.74) is 19.3. The molecule has 0 heterocycles. The Balaban J connectivity index is 1.76. The molecule has 4 aromatic carbocycles. The lowest BCUT2D eigenvalue weighted by Crippen LogP contribution is -2.07. The van der Waals surface area contributed by atoms with Gasteiger partial charge in [0.25, 0.3) is 0 Å². The van der Waals surface area contributed by atoms with Gasteiger partial charge in [-0.15, -0.1) is 0 Å². The second-order valence-electron chi connectivity index (χ2n) is 7.93. The van der Waals surface area contributed by atoms with E-state index in [1.54, 1.807) is 0 Å². The minimum atomic E-state index is -1.41. The molecular formula is C28H30N4OS. The SMILES string of the molecule is CCNc1ccc(-c2ccccc2[S+]([O-])c2ccccc2-c2ccc(NCC)c(N)c2)cc1N. The summed E-state index contributed by atoms with van der Waals surface area (Å²) in [5, 5.41) is 6.52. The average Bonchev–Trinajstić information content (AvgIpc) is 2.86. The van der Waals surface area contributed by atoms with Gasteiger partial charge in [-0.3, -0.25) is 0 Å². The first kappa shape index (κ1) is 23.5. The smallest absolute Gasteiger partial charge is 0.166 e. The Morgan fingerprint density at radius 1 is 0.647 bits per heavy atom. The van der Waals surface area contributed by atoms with Crippen LogP contribution in [0.5, 0.6) is 0 Å². The maximum absolute atomic E-state index is 14.0. The van der Waals surface area contributed by atoms with Crippen molar-refractivity contribution < 1.29 is 4.55 Å². The van der Waals surface area contributed by atoms with Gasteiger partial charge in [0.2, 0.25) is 0 Å². The summed E-state index contributed by atoms with van der Waals surface area (Å²) < 4.78 is 14.0. The van der Waals surface area contributed by atoms with Crippen molar-refractivity contribution in [1.29, 1.82) is 0 Å². The molecule has 0 aliphatic rings. The third-order valence-electron chi connectivity index (χ3n) is 5.63. The Kier molecular flexibility index (Phi) is 7.30. The van der Waals surface area contributed by atoms with Gasteiger partial charge >= 0.3 is 0 Å². The number of anilines is 4. The molecule has 0 saturated heterocycles. The van der Waals surface area contributed by atoms with Crippen LogP contribution in [0.25, 0.3) is 22.3 Å². The van der Waals surface area contributed by atoms with Crippen LogP contribution in [0.2, 0.25) is 0 Å². The molecule has 5 nitrogen and oxygen atoms in total. The van der Waals surface area contributed by atoms with E-state index in [9.17, 15) is 4.55 Å². The van der Waals surface area contributed by atoms with Crippen LogP contribution in [-0.2, 0) is 11.2 Å². The number of hydrogen-bond acceptors (Lipinski definition) is 5. The first-order valence-corrected chi connectivity index (χ1v) is 12.6. The highest BCUT2D eigenvalue weighted by molar-refractivity contribution is 7.91. The highest BCUT2D eigenvalue weighted by atomic mass is 32.2. The third-order valence-corrected chi connectivity index (χ3v) is 7.14. The highest BCUT2D eigenvalue weighted by Gasteiger charge is 2.24. The van der Waals surface area contributed by atoms with Crippen molar-refractivity contribution in [2.75, 3.05) is 35.2 Å². The molecule has 0 spiro atoms. The highest BCUT2D eigenvalue weighted by Crippen LogP contribution is 2.38. The predicted molar refractivity (Wildman–Crippen MR) is 146 cm³/mol. The second-order valence-corrected chi connectivity index (χ2v) is 9.34. The van der Waals surface area contributed by atoms with Gasteiger partial charge < -0.3 is 26.7 Å². The van der Waals surface area contributed by atoms with Crippen molar-refractivity contribution in [3.63, 3.8) is 0 Å². The zero-order valence-corrected chi connectivity index (χ0v) is 20.3. The predicted octanol–water partition coefficient (Wildman–Crippen LogP) is 6.22. The van der Waals surface area contributed by atoms with E-state index in [1.807, 2.05) is 98.8 Å². The Bertz CT molecular complexity index is 1190. The molecule has 0 bridgehead atoms. The molecule has 0 aromatic heterocycles. The minimum Gasteiger partial charge on any atom is -0.606 e. The van der Waals surface area contributed by atoms with Crippen LogP contribution in [0, 0.1) is 0 Å². The number of rotatable bonds is 8. The van der Waals surface area contributed by atoms with Gasteiger partial charge in [-0.05, 0) is 73.5 Å². The summed E-state index contributed by atoms with van der Waals surface area (Å²) in [4.78, 5) is 1.48. The fourth-order valence-electron chi connectivity index (χ4n) is 4.02. The molecule has 0 fully saturated rings. The lowest BCUT2D eigenvalue weighted by atomic mass is 10.0. The normalized spacial score (nSPS) is 10.9. The van der Waals surface area contributed by atoms with E-state index in [4.69, 9.17) is 11.5 Å². The van der Waals surface area contributed by atoms with Crippen LogP contribution >= 0.6 is 0 Å². The molecule has 0 aliphatic carbocycles. The van der Waals surface area contributed by atoms with Gasteiger partial charge in [0.15, 0.2) is 9.79 Å². The van der Waals surface area contributed by atoms with E-state index in [0.717, 1.165) is 56.5 Å². The number of nitrogen functional groups attached to an aromatic ring is 2. The molecular weight excluding hydrogens is 440 g/mol. The first-order chi connectivity index (χ1) is 16.5. The van der Waals surface area contributed by atoms with Crippen molar-refractivity contribution in [2.24, 2.45) is 0 Å². The fraction of sp³-hybridized carbons (Fsp3) is 0.143. The van der Waals surface area contributed by atoms with Crippen LogP contribution in [0.1, 0.15) is 13.8 Å². The monoisotopic (exact) mass is 470 g/mol. The molecule has 0 amide bonds. The maximum Gasteiger partial charge on any atom is 0.166 e.